The Balaban J connectivity index is 0.000000160. The van der Waals surface area contributed by atoms with Crippen molar-refractivity contribution in [2.24, 2.45) is 0 Å². The Morgan fingerprint density at radius 3 is 2.04 bits per heavy atom. The first-order chi connectivity index (χ1) is 10.9. The fraction of sp³-hybridized carbons (Fsp3) is 0. The van der Waals surface area contributed by atoms with Crippen molar-refractivity contribution in [3.63, 3.8) is 0 Å². The summed E-state index contributed by atoms with van der Waals surface area (Å²) in [6.45, 7) is 0. The summed E-state index contributed by atoms with van der Waals surface area (Å²) in [5.74, 6) is 0.927. The van der Waals surface area contributed by atoms with E-state index in [0.29, 0.717) is 23.0 Å². The van der Waals surface area contributed by atoms with E-state index in [1.165, 1.54) is 0 Å². The van der Waals surface area contributed by atoms with Crippen molar-refractivity contribution in [2.45, 2.75) is 0 Å². The van der Waals surface area contributed by atoms with Crippen LogP contribution in [0.15, 0.2) is 48.8 Å². The van der Waals surface area contributed by atoms with Crippen molar-refractivity contribution in [3.8, 4) is 23.0 Å². The van der Waals surface area contributed by atoms with Crippen LogP contribution in [0.25, 0.3) is 23.0 Å². The molecule has 0 saturated carbocycles. The molecule has 1 radical (unpaired) electrons. The first-order valence-electron chi connectivity index (χ1n) is 6.14. The molecule has 4 aromatic rings. The van der Waals surface area contributed by atoms with Crippen LogP contribution in [0.5, 0.6) is 0 Å². The second-order valence-corrected chi connectivity index (χ2v) is 3.83. The number of aromatic nitrogens is 10. The molecule has 4 heterocycles. The average molecular weight is 347 g/mol. The normalized spacial score (nSPS) is 9.39. The van der Waals surface area contributed by atoms with Gasteiger partial charge in [-0.1, -0.05) is 12.1 Å². The molecule has 0 aliphatic heterocycles. The molecule has 0 saturated heterocycles. The van der Waals surface area contributed by atoms with E-state index in [1.807, 2.05) is 24.3 Å². The van der Waals surface area contributed by atoms with Crippen molar-refractivity contribution in [2.75, 3.05) is 0 Å². The van der Waals surface area contributed by atoms with Crippen LogP contribution in [0.3, 0.4) is 0 Å². The van der Waals surface area contributed by atoms with Crippen LogP contribution in [-0.4, -0.2) is 40.9 Å². The van der Waals surface area contributed by atoms with Crippen LogP contribution in [0, 0.1) is 0 Å². The molecule has 0 aromatic carbocycles. The Morgan fingerprint density at radius 2 is 1.52 bits per heavy atom. The van der Waals surface area contributed by atoms with Crippen LogP contribution in [-0.2, 0) is 17.1 Å². The van der Waals surface area contributed by atoms with E-state index in [-0.39, 0.29) is 17.1 Å². The third-order valence-corrected chi connectivity index (χ3v) is 2.43. The predicted molar refractivity (Wildman–Crippen MR) is 72.8 cm³/mol. The molecule has 11 heteroatoms. The zero-order valence-corrected chi connectivity index (χ0v) is 12.6. The summed E-state index contributed by atoms with van der Waals surface area (Å²) in [7, 11) is 0. The summed E-state index contributed by atoms with van der Waals surface area (Å²) >= 11 is 0. The minimum absolute atomic E-state index is 0. The van der Waals surface area contributed by atoms with Gasteiger partial charge in [0.15, 0.2) is 0 Å². The number of hydrogen-bond acceptors (Lipinski definition) is 8. The van der Waals surface area contributed by atoms with Crippen LogP contribution in [0.1, 0.15) is 0 Å². The molecule has 10 nitrogen and oxygen atoms in total. The number of pyridine rings is 2. The van der Waals surface area contributed by atoms with E-state index in [2.05, 4.69) is 51.2 Å². The predicted octanol–water partition coefficient (Wildman–Crippen LogP) is -0.221. The number of nitrogens with zero attached hydrogens (tertiary/aromatic N) is 10. The quantitative estimate of drug-likeness (QED) is 0.448. The van der Waals surface area contributed by atoms with Crippen molar-refractivity contribution < 1.29 is 17.1 Å². The van der Waals surface area contributed by atoms with Crippen molar-refractivity contribution in [1.29, 1.82) is 0 Å². The molecule has 0 amide bonds. The molecule has 4 aromatic heterocycles. The van der Waals surface area contributed by atoms with E-state index in [9.17, 15) is 0 Å². The van der Waals surface area contributed by atoms with Crippen molar-refractivity contribution >= 4 is 0 Å². The van der Waals surface area contributed by atoms with E-state index < -0.39 is 0 Å². The molecule has 0 spiro atoms. The van der Waals surface area contributed by atoms with Crippen LogP contribution >= 0.6 is 0 Å². The van der Waals surface area contributed by atoms with Crippen LogP contribution < -0.4 is 10.3 Å². The van der Waals surface area contributed by atoms with Crippen molar-refractivity contribution in [3.05, 3.63) is 48.8 Å². The average Bonchev–Trinajstić information content (AvgIpc) is 3.31. The third kappa shape index (κ3) is 4.46. The second kappa shape index (κ2) is 8.41. The smallest absolute Gasteiger partial charge is 0.329 e. The second-order valence-electron chi connectivity index (χ2n) is 3.83. The molecule has 0 atom stereocenters. The zero-order chi connectivity index (χ0) is 15.0. The molecule has 0 aliphatic rings. The first kappa shape index (κ1) is 16.3. The number of rotatable bonds is 2. The summed E-state index contributed by atoms with van der Waals surface area (Å²) in [6.07, 6.45) is 3.34. The molecule has 4 rings (SSSR count). The maximum Gasteiger partial charge on any atom is 2.00 e. The molecular weight excluding hydrogens is 339 g/mol. The van der Waals surface area contributed by atoms with Gasteiger partial charge < -0.3 is 10.2 Å². The minimum atomic E-state index is 0. The standard InChI is InChI=1S/2C6H4N5.Mn/c2*1-2-4-7-5(3-1)6-8-10-11-9-6;/h2*1-4H;/q2*-1;+2. The molecule has 0 N–H and O–H groups in total. The van der Waals surface area contributed by atoms with E-state index >= 15 is 0 Å². The van der Waals surface area contributed by atoms with Gasteiger partial charge in [0, 0.05) is 12.4 Å². The monoisotopic (exact) mass is 347 g/mol. The Labute approximate surface area is 140 Å². The topological polar surface area (TPSA) is 131 Å². The fourth-order valence-electron chi connectivity index (χ4n) is 1.48. The molecular formula is C12H8MnN10. The summed E-state index contributed by atoms with van der Waals surface area (Å²) in [6, 6.07) is 11.0. The first-order valence-corrected chi connectivity index (χ1v) is 6.14. The summed E-state index contributed by atoms with van der Waals surface area (Å²) in [4.78, 5) is 8.03. The Hall–Kier alpha value is -3.04. The van der Waals surface area contributed by atoms with Gasteiger partial charge in [0.1, 0.15) is 0 Å². The van der Waals surface area contributed by atoms with Crippen LogP contribution in [0.2, 0.25) is 0 Å². The summed E-state index contributed by atoms with van der Waals surface area (Å²) < 4.78 is 0. The maximum atomic E-state index is 4.02. The van der Waals surface area contributed by atoms with Gasteiger partial charge >= 0.3 is 17.1 Å². The van der Waals surface area contributed by atoms with Gasteiger partial charge in [0.05, 0.1) is 23.0 Å². The zero-order valence-electron chi connectivity index (χ0n) is 11.5. The Morgan fingerprint density at radius 1 is 0.783 bits per heavy atom. The van der Waals surface area contributed by atoms with Crippen molar-refractivity contribution in [1.82, 2.24) is 51.2 Å². The van der Waals surface area contributed by atoms with Gasteiger partial charge in [-0.2, -0.15) is 5.21 Å². The summed E-state index contributed by atoms with van der Waals surface area (Å²) in [5, 5.41) is 28.0. The fourth-order valence-corrected chi connectivity index (χ4v) is 1.48. The van der Waals surface area contributed by atoms with E-state index in [4.69, 9.17) is 0 Å². The van der Waals surface area contributed by atoms with Gasteiger partial charge in [-0.15, -0.1) is 0 Å². The molecule has 0 bridgehead atoms. The van der Waals surface area contributed by atoms with Gasteiger partial charge in [0.2, 0.25) is 0 Å². The molecule has 113 valence electrons. The van der Waals surface area contributed by atoms with Gasteiger partial charge in [-0.25, -0.2) is 5.10 Å². The van der Waals surface area contributed by atoms with E-state index in [1.54, 1.807) is 24.5 Å². The van der Waals surface area contributed by atoms with Gasteiger partial charge in [-0.3, -0.25) is 30.7 Å². The van der Waals surface area contributed by atoms with E-state index in [0.717, 1.165) is 0 Å². The molecule has 0 fully saturated rings. The molecule has 23 heavy (non-hydrogen) atoms. The third-order valence-electron chi connectivity index (χ3n) is 2.43. The SMILES string of the molecule is [Mn+2].c1ccc(-c2nn[n-]n2)nc1.c1ccc(-c2nnn[n-]2)nc1. The molecule has 0 unspecified atom stereocenters. The summed E-state index contributed by atoms with van der Waals surface area (Å²) in [5.41, 5.74) is 1.38. The Bertz CT molecular complexity index is 704. The number of tetrazole rings is 2. The largest absolute Gasteiger partial charge is 2.00 e. The molecule has 0 aliphatic carbocycles. The maximum absolute atomic E-state index is 4.02. The van der Waals surface area contributed by atoms with Gasteiger partial charge in [0.25, 0.3) is 0 Å². The Kier molecular flexibility index (Phi) is 5.97. The van der Waals surface area contributed by atoms with Crippen LogP contribution in [0.4, 0.5) is 0 Å². The number of hydrogen-bond donors (Lipinski definition) is 0. The van der Waals surface area contributed by atoms with Gasteiger partial charge in [-0.05, 0) is 24.3 Å². The minimum Gasteiger partial charge on any atom is -0.329 e.